The Morgan fingerprint density at radius 1 is 0.857 bits per heavy atom. The van der Waals surface area contributed by atoms with E-state index in [1.807, 2.05) is 37.5 Å². The van der Waals surface area contributed by atoms with Gasteiger partial charge in [-0.2, -0.15) is 5.10 Å². The molecular weight excluding hydrogens is 348 g/mol. The van der Waals surface area contributed by atoms with Gasteiger partial charge in [0, 0.05) is 29.6 Å². The molecule has 0 saturated heterocycles. The average molecular weight is 374 g/mol. The number of hydrogen-bond acceptors (Lipinski definition) is 4. The van der Waals surface area contributed by atoms with Gasteiger partial charge in [0.25, 0.3) is 0 Å². The summed E-state index contributed by atoms with van der Waals surface area (Å²) < 4.78 is 1.75. The van der Waals surface area contributed by atoms with Crippen LogP contribution in [0.3, 0.4) is 0 Å². The standard InChI is InChI=1S/C22H26N6/c1-21(2,3)19-24-18(25-20(26-19)22(4,5)6)15-11-14(12-16(13-15)23-7)17-9-10-28(8)27-17/h9-13H,1-6,8H3. The second-order valence-corrected chi connectivity index (χ2v) is 9.06. The van der Waals surface area contributed by atoms with E-state index in [1.54, 1.807) is 4.68 Å². The first kappa shape index (κ1) is 19.7. The minimum Gasteiger partial charge on any atom is -0.275 e. The third-order valence-electron chi connectivity index (χ3n) is 4.29. The number of nitrogens with zero attached hydrogens (tertiary/aromatic N) is 6. The minimum atomic E-state index is -0.209. The lowest BCUT2D eigenvalue weighted by molar-refractivity contribution is 0.497. The van der Waals surface area contributed by atoms with E-state index in [2.05, 4.69) is 51.5 Å². The molecule has 3 aromatic rings. The van der Waals surface area contributed by atoms with Crippen molar-refractivity contribution in [1.82, 2.24) is 24.7 Å². The number of aryl methyl sites for hydroxylation is 1. The van der Waals surface area contributed by atoms with Crippen molar-refractivity contribution in [3.8, 4) is 22.6 Å². The van der Waals surface area contributed by atoms with Crippen LogP contribution in [0, 0.1) is 6.57 Å². The van der Waals surface area contributed by atoms with Crippen molar-refractivity contribution in [1.29, 1.82) is 0 Å². The lowest BCUT2D eigenvalue weighted by Crippen LogP contribution is -2.24. The molecule has 0 saturated carbocycles. The maximum absolute atomic E-state index is 7.50. The van der Waals surface area contributed by atoms with Crippen LogP contribution in [-0.4, -0.2) is 24.7 Å². The Labute approximate surface area is 166 Å². The number of rotatable bonds is 2. The maximum atomic E-state index is 7.50. The van der Waals surface area contributed by atoms with Gasteiger partial charge >= 0.3 is 0 Å². The van der Waals surface area contributed by atoms with Crippen molar-refractivity contribution in [2.45, 2.75) is 52.4 Å². The molecule has 0 atom stereocenters. The molecule has 0 aliphatic carbocycles. The zero-order valence-electron chi connectivity index (χ0n) is 17.6. The maximum Gasteiger partial charge on any atom is 0.188 e. The van der Waals surface area contributed by atoms with Crippen LogP contribution in [0.1, 0.15) is 53.2 Å². The average Bonchev–Trinajstić information content (AvgIpc) is 3.06. The van der Waals surface area contributed by atoms with Gasteiger partial charge in [-0.05, 0) is 29.8 Å². The monoisotopic (exact) mass is 374 g/mol. The van der Waals surface area contributed by atoms with Crippen molar-refractivity contribution in [3.05, 3.63) is 53.5 Å². The third-order valence-corrected chi connectivity index (χ3v) is 4.29. The summed E-state index contributed by atoms with van der Waals surface area (Å²) in [6.07, 6.45) is 1.89. The molecule has 3 rings (SSSR count). The SMILES string of the molecule is [C-]#[N+]c1cc(-c2ccn(C)n2)cc(-c2nc(C(C)(C)C)nc(C(C)(C)C)n2)c1. The predicted octanol–water partition coefficient (Wildman–Crippen LogP) is 5.08. The molecule has 0 aliphatic heterocycles. The Balaban J connectivity index is 2.24. The molecule has 0 spiro atoms. The first-order valence-corrected chi connectivity index (χ1v) is 9.27. The van der Waals surface area contributed by atoms with Gasteiger partial charge in [0.1, 0.15) is 11.6 Å². The molecule has 0 radical (unpaired) electrons. The Morgan fingerprint density at radius 3 is 1.89 bits per heavy atom. The van der Waals surface area contributed by atoms with Crippen LogP contribution >= 0.6 is 0 Å². The molecular formula is C22H26N6. The molecule has 0 unspecified atom stereocenters. The van der Waals surface area contributed by atoms with Crippen LogP contribution in [0.25, 0.3) is 27.5 Å². The largest absolute Gasteiger partial charge is 0.275 e. The number of hydrogen-bond donors (Lipinski definition) is 0. The topological polar surface area (TPSA) is 60.9 Å². The molecule has 28 heavy (non-hydrogen) atoms. The Kier molecular flexibility index (Phi) is 4.80. The highest BCUT2D eigenvalue weighted by Crippen LogP contribution is 2.32. The smallest absolute Gasteiger partial charge is 0.188 e. The summed E-state index contributed by atoms with van der Waals surface area (Å²) in [7, 11) is 1.88. The summed E-state index contributed by atoms with van der Waals surface area (Å²) in [4.78, 5) is 17.9. The lowest BCUT2D eigenvalue weighted by Gasteiger charge is -2.22. The summed E-state index contributed by atoms with van der Waals surface area (Å²) in [5.41, 5.74) is 2.60. The summed E-state index contributed by atoms with van der Waals surface area (Å²) in [6, 6.07) is 7.59. The fraction of sp³-hybridized carbons (Fsp3) is 0.409. The highest BCUT2D eigenvalue weighted by molar-refractivity contribution is 5.74. The molecule has 2 heterocycles. The van der Waals surface area contributed by atoms with Crippen LogP contribution in [0.15, 0.2) is 30.5 Å². The summed E-state index contributed by atoms with van der Waals surface area (Å²) in [5.74, 6) is 2.08. The summed E-state index contributed by atoms with van der Waals surface area (Å²) >= 11 is 0. The van der Waals surface area contributed by atoms with Gasteiger partial charge in [-0.3, -0.25) is 4.68 Å². The quantitative estimate of drug-likeness (QED) is 0.587. The second-order valence-electron chi connectivity index (χ2n) is 9.06. The van der Waals surface area contributed by atoms with Crippen LogP contribution in [0.5, 0.6) is 0 Å². The van der Waals surface area contributed by atoms with Gasteiger partial charge in [-0.15, -0.1) is 0 Å². The van der Waals surface area contributed by atoms with E-state index in [4.69, 9.17) is 21.5 Å². The van der Waals surface area contributed by atoms with E-state index in [-0.39, 0.29) is 10.8 Å². The Morgan fingerprint density at radius 2 is 1.43 bits per heavy atom. The van der Waals surface area contributed by atoms with Gasteiger partial charge in [-0.1, -0.05) is 41.5 Å². The van der Waals surface area contributed by atoms with Crippen LogP contribution in [0.2, 0.25) is 0 Å². The van der Waals surface area contributed by atoms with Crippen LogP contribution in [0.4, 0.5) is 5.69 Å². The Bertz CT molecular complexity index is 1030. The molecule has 0 aliphatic rings. The van der Waals surface area contributed by atoms with Crippen molar-refractivity contribution in [3.63, 3.8) is 0 Å². The van der Waals surface area contributed by atoms with Crippen LogP contribution in [-0.2, 0) is 17.9 Å². The van der Waals surface area contributed by atoms with Gasteiger partial charge in [-0.25, -0.2) is 19.8 Å². The first-order chi connectivity index (χ1) is 13.0. The van der Waals surface area contributed by atoms with E-state index in [0.717, 1.165) is 28.5 Å². The molecule has 6 nitrogen and oxygen atoms in total. The number of benzene rings is 1. The molecule has 144 valence electrons. The van der Waals surface area contributed by atoms with E-state index in [9.17, 15) is 0 Å². The lowest BCUT2D eigenvalue weighted by atomic mass is 9.93. The predicted molar refractivity (Wildman–Crippen MR) is 111 cm³/mol. The molecule has 0 amide bonds. The van der Waals surface area contributed by atoms with Crippen LogP contribution < -0.4 is 0 Å². The minimum absolute atomic E-state index is 0.209. The fourth-order valence-electron chi connectivity index (χ4n) is 2.70. The fourth-order valence-corrected chi connectivity index (χ4v) is 2.70. The zero-order valence-corrected chi connectivity index (χ0v) is 17.6. The molecule has 1 aromatic carbocycles. The van der Waals surface area contributed by atoms with Crippen molar-refractivity contribution in [2.24, 2.45) is 7.05 Å². The number of aromatic nitrogens is 5. The third kappa shape index (κ3) is 4.09. The van der Waals surface area contributed by atoms with E-state index < -0.39 is 0 Å². The molecule has 0 N–H and O–H groups in total. The van der Waals surface area contributed by atoms with Crippen molar-refractivity contribution in [2.75, 3.05) is 0 Å². The molecule has 2 aromatic heterocycles. The normalized spacial score (nSPS) is 12.1. The van der Waals surface area contributed by atoms with Gasteiger partial charge in [0.05, 0.1) is 12.3 Å². The van der Waals surface area contributed by atoms with E-state index in [0.29, 0.717) is 11.5 Å². The Hall–Kier alpha value is -3.07. The van der Waals surface area contributed by atoms with Gasteiger partial charge in [0.15, 0.2) is 11.5 Å². The van der Waals surface area contributed by atoms with Gasteiger partial charge in [0.2, 0.25) is 0 Å². The summed E-state index contributed by atoms with van der Waals surface area (Å²) in [6.45, 7) is 20.0. The first-order valence-electron chi connectivity index (χ1n) is 9.27. The van der Waals surface area contributed by atoms with E-state index in [1.165, 1.54) is 0 Å². The van der Waals surface area contributed by atoms with Crippen molar-refractivity contribution >= 4 is 5.69 Å². The van der Waals surface area contributed by atoms with Crippen molar-refractivity contribution < 1.29 is 0 Å². The van der Waals surface area contributed by atoms with E-state index >= 15 is 0 Å². The molecule has 0 fully saturated rings. The second kappa shape index (κ2) is 6.83. The highest BCUT2D eigenvalue weighted by Gasteiger charge is 2.25. The molecule has 0 bridgehead atoms. The highest BCUT2D eigenvalue weighted by atomic mass is 15.2. The molecule has 6 heteroatoms. The van der Waals surface area contributed by atoms with Gasteiger partial charge < -0.3 is 0 Å². The zero-order chi connectivity index (χ0) is 20.7. The summed E-state index contributed by atoms with van der Waals surface area (Å²) in [5, 5.41) is 4.47.